The first-order valence-corrected chi connectivity index (χ1v) is 24.0. The van der Waals surface area contributed by atoms with E-state index in [0.717, 1.165) is 11.1 Å². The molecule has 2 fully saturated rings. The molecule has 0 spiro atoms. The lowest BCUT2D eigenvalue weighted by Crippen LogP contribution is -2.46. The first kappa shape index (κ1) is 46.0. The van der Waals surface area contributed by atoms with Crippen LogP contribution in [-0.2, 0) is 41.1 Å². The monoisotopic (exact) mass is 876 g/mol. The Morgan fingerprint density at radius 1 is 1.03 bits per heavy atom. The van der Waals surface area contributed by atoms with E-state index in [1.165, 1.54) is 16.0 Å². The van der Waals surface area contributed by atoms with Crippen LogP contribution in [0.3, 0.4) is 0 Å². The van der Waals surface area contributed by atoms with Crippen molar-refractivity contribution >= 4 is 55.7 Å². The van der Waals surface area contributed by atoms with E-state index in [4.69, 9.17) is 23.4 Å². The second-order valence-electron chi connectivity index (χ2n) is 20.0. The van der Waals surface area contributed by atoms with Crippen molar-refractivity contribution in [1.82, 2.24) is 19.8 Å². The molecule has 4 atom stereocenters. The van der Waals surface area contributed by atoms with E-state index in [0.29, 0.717) is 43.5 Å². The van der Waals surface area contributed by atoms with Gasteiger partial charge in [0.15, 0.2) is 26.6 Å². The first-order valence-electron chi connectivity index (χ1n) is 21.1. The Hall–Kier alpha value is -5.48. The van der Waals surface area contributed by atoms with Gasteiger partial charge in [0.05, 0.1) is 30.5 Å². The van der Waals surface area contributed by atoms with Crippen LogP contribution < -0.4 is 20.3 Å². The second kappa shape index (κ2) is 17.4. The summed E-state index contributed by atoms with van der Waals surface area (Å²) in [6, 6.07) is 4.94. The number of nitrogens with zero attached hydrogens (tertiary/aromatic N) is 6. The molecular weight excluding hydrogens is 817 g/mol. The van der Waals surface area contributed by atoms with E-state index in [-0.39, 0.29) is 66.7 Å². The zero-order valence-electron chi connectivity index (χ0n) is 37.7. The summed E-state index contributed by atoms with van der Waals surface area (Å²) in [7, 11) is -2.24. The molecule has 3 aliphatic heterocycles. The Morgan fingerprint density at radius 2 is 1.74 bits per heavy atom. The van der Waals surface area contributed by atoms with Gasteiger partial charge in [0.25, 0.3) is 11.8 Å². The maximum Gasteiger partial charge on any atom is 0.415 e. The van der Waals surface area contributed by atoms with Crippen molar-refractivity contribution in [1.29, 1.82) is 5.26 Å². The molecule has 1 aromatic heterocycles. The molecule has 19 heteroatoms. The van der Waals surface area contributed by atoms with Crippen LogP contribution in [0, 0.1) is 17.2 Å². The summed E-state index contributed by atoms with van der Waals surface area (Å²) in [5, 5.41) is 15.8. The van der Waals surface area contributed by atoms with E-state index in [2.05, 4.69) is 60.5 Å². The molecule has 62 heavy (non-hydrogen) atoms. The molecule has 2 saturated heterocycles. The molecule has 6 rings (SSSR count). The molecule has 1 aliphatic carbocycles. The number of anilines is 3. The second-order valence-corrected chi connectivity index (χ2v) is 24.7. The molecule has 336 valence electrons. The summed E-state index contributed by atoms with van der Waals surface area (Å²) < 4.78 is 29.1. The van der Waals surface area contributed by atoms with Gasteiger partial charge in [0.2, 0.25) is 5.91 Å². The average molecular weight is 877 g/mol. The number of carbonyl (C=O) groups is 5. The summed E-state index contributed by atoms with van der Waals surface area (Å²) in [4.78, 5) is 78.8. The number of cyclic esters (lactones) is 1. The van der Waals surface area contributed by atoms with Crippen molar-refractivity contribution < 1.29 is 47.3 Å². The van der Waals surface area contributed by atoms with Crippen LogP contribution >= 0.6 is 0 Å². The van der Waals surface area contributed by atoms with Crippen molar-refractivity contribution in [3.63, 3.8) is 0 Å². The standard InChI is InChI=1S/C43H60N8O10Si/c1-41(2,3)59-38(54)49(13-12-29-22-51(39(55)58-29)33-20-45-37-35(47-33)48-34(52)24-57-37)21-25-14-26-16-28(17-27(19-44)31(26)15-25)46-36(53)32-18-30(61-62(10,11)43(7,8)9)23-50(32)40(56)60-42(4,5)6/h16-17,20,25,29-30,32H,12-15,18,21-24H2,1-11H3,(H,46,53)(H,47,48,52). The van der Waals surface area contributed by atoms with Crippen LogP contribution in [0.5, 0.6) is 5.88 Å². The molecule has 2 N–H and O–H groups in total. The number of hydrogen-bond donors (Lipinski definition) is 2. The number of aromatic nitrogens is 2. The van der Waals surface area contributed by atoms with E-state index < -0.39 is 55.9 Å². The van der Waals surface area contributed by atoms with Gasteiger partial charge in [-0.1, -0.05) is 20.8 Å². The third-order valence-electron chi connectivity index (χ3n) is 11.5. The molecule has 1 aromatic carbocycles. The van der Waals surface area contributed by atoms with Crippen molar-refractivity contribution in [3.8, 4) is 11.9 Å². The number of ether oxygens (including phenoxy) is 4. The molecule has 4 heterocycles. The highest BCUT2D eigenvalue weighted by molar-refractivity contribution is 6.74. The third kappa shape index (κ3) is 10.9. The number of amides is 5. The van der Waals surface area contributed by atoms with E-state index in [9.17, 15) is 29.2 Å². The van der Waals surface area contributed by atoms with Crippen molar-refractivity contribution in [2.45, 2.75) is 136 Å². The zero-order valence-corrected chi connectivity index (χ0v) is 38.7. The molecule has 2 aromatic rings. The number of carbonyl (C=O) groups excluding carboxylic acids is 5. The van der Waals surface area contributed by atoms with Gasteiger partial charge in [-0.2, -0.15) is 5.26 Å². The highest BCUT2D eigenvalue weighted by atomic mass is 28.4. The first-order chi connectivity index (χ1) is 28.8. The number of hydrogen-bond acceptors (Lipinski definition) is 13. The Bertz CT molecular complexity index is 2140. The van der Waals surface area contributed by atoms with Gasteiger partial charge in [0.1, 0.15) is 23.3 Å². The topological polar surface area (TPSA) is 215 Å². The van der Waals surface area contributed by atoms with Gasteiger partial charge in [-0.3, -0.25) is 19.4 Å². The number of fused-ring (bicyclic) bond motifs is 2. The van der Waals surface area contributed by atoms with Crippen LogP contribution in [0.1, 0.15) is 91.8 Å². The Labute approximate surface area is 364 Å². The lowest BCUT2D eigenvalue weighted by Gasteiger charge is -2.38. The van der Waals surface area contributed by atoms with Gasteiger partial charge < -0.3 is 38.9 Å². The van der Waals surface area contributed by atoms with Crippen LogP contribution in [0.25, 0.3) is 0 Å². The SMILES string of the molecule is CC(C)(C)OC(=O)N(CCC1CN(c2cnc3c(n2)NC(=O)CO3)C(=O)O1)CC1Cc2cc(NC(=O)C3CC(O[Si](C)(C)C(C)(C)C)CN3C(=O)OC(C)(C)C)cc(C#N)c2C1. The zero-order chi connectivity index (χ0) is 45.5. The van der Waals surface area contributed by atoms with Crippen LogP contribution in [-0.4, -0.2) is 120 Å². The molecule has 4 aliphatic rings. The minimum atomic E-state index is -2.24. The van der Waals surface area contributed by atoms with Gasteiger partial charge >= 0.3 is 18.3 Å². The lowest BCUT2D eigenvalue weighted by atomic mass is 10.0. The summed E-state index contributed by atoms with van der Waals surface area (Å²) in [6.45, 7) is 22.1. The minimum Gasteiger partial charge on any atom is -0.465 e. The summed E-state index contributed by atoms with van der Waals surface area (Å²) in [5.41, 5.74) is 1.01. The fourth-order valence-corrected chi connectivity index (χ4v) is 9.00. The van der Waals surface area contributed by atoms with Gasteiger partial charge in [-0.15, -0.1) is 0 Å². The number of rotatable bonds is 10. The Kier molecular flexibility index (Phi) is 12.9. The molecule has 0 radical (unpaired) electrons. The largest absolute Gasteiger partial charge is 0.465 e. The van der Waals surface area contributed by atoms with Crippen LogP contribution in [0.15, 0.2) is 18.3 Å². The van der Waals surface area contributed by atoms with E-state index in [1.54, 1.807) is 52.5 Å². The molecule has 4 unspecified atom stereocenters. The highest BCUT2D eigenvalue weighted by Gasteiger charge is 2.47. The van der Waals surface area contributed by atoms with Crippen molar-refractivity contribution in [2.24, 2.45) is 5.92 Å². The maximum atomic E-state index is 14.1. The summed E-state index contributed by atoms with van der Waals surface area (Å²) in [6.07, 6.45) is 0.282. The number of likely N-dealkylation sites (tertiary alicyclic amines) is 1. The fourth-order valence-electron chi connectivity index (χ4n) is 7.64. The highest BCUT2D eigenvalue weighted by Crippen LogP contribution is 2.40. The summed E-state index contributed by atoms with van der Waals surface area (Å²) in [5.74, 6) is -0.439. The minimum absolute atomic E-state index is 0.0743. The predicted molar refractivity (Wildman–Crippen MR) is 230 cm³/mol. The quantitative estimate of drug-likeness (QED) is 0.196. The number of nitriles is 1. The molecule has 0 saturated carbocycles. The van der Waals surface area contributed by atoms with Crippen LogP contribution in [0.2, 0.25) is 18.1 Å². The normalized spacial score (nSPS) is 21.3. The fraction of sp³-hybridized carbons (Fsp3) is 0.628. The number of benzene rings is 1. The Morgan fingerprint density at radius 3 is 2.40 bits per heavy atom. The van der Waals surface area contributed by atoms with E-state index in [1.807, 2.05) is 6.07 Å². The van der Waals surface area contributed by atoms with Crippen LogP contribution in [0.4, 0.5) is 31.7 Å². The predicted octanol–water partition coefficient (Wildman–Crippen LogP) is 6.38. The number of nitrogens with one attached hydrogen (secondary N) is 2. The van der Waals surface area contributed by atoms with E-state index >= 15 is 0 Å². The van der Waals surface area contributed by atoms with Gasteiger partial charge in [-0.25, -0.2) is 24.4 Å². The lowest BCUT2D eigenvalue weighted by molar-refractivity contribution is -0.120. The molecule has 5 amide bonds. The molecule has 18 nitrogen and oxygen atoms in total. The van der Waals surface area contributed by atoms with Crippen molar-refractivity contribution in [3.05, 3.63) is 35.0 Å². The smallest absolute Gasteiger partial charge is 0.415 e. The average Bonchev–Trinajstić information content (AvgIpc) is 3.87. The van der Waals surface area contributed by atoms with Gasteiger partial charge in [0, 0.05) is 38.2 Å². The maximum absolute atomic E-state index is 14.1. The molecular formula is C43H60N8O10Si. The molecule has 0 bridgehead atoms. The summed E-state index contributed by atoms with van der Waals surface area (Å²) >= 11 is 0. The third-order valence-corrected chi connectivity index (χ3v) is 16.1. The van der Waals surface area contributed by atoms with Crippen molar-refractivity contribution in [2.75, 3.05) is 48.3 Å². The van der Waals surface area contributed by atoms with Gasteiger partial charge in [-0.05, 0) is 102 Å². The Balaban J connectivity index is 1.13.